The molecule has 0 unspecified atom stereocenters. The number of hydrogen-bond acceptors (Lipinski definition) is 3. The minimum Gasteiger partial charge on any atom is -0.312 e. The van der Waals surface area contributed by atoms with Gasteiger partial charge in [0.1, 0.15) is 0 Å². The van der Waals surface area contributed by atoms with Crippen LogP contribution in [0.5, 0.6) is 0 Å². The van der Waals surface area contributed by atoms with Gasteiger partial charge in [0.05, 0.1) is 11.4 Å². The number of hydrogen-bond donors (Lipinski definition) is 1. The maximum Gasteiger partial charge on any atom is 0.0649 e. The molecule has 1 fully saturated rings. The van der Waals surface area contributed by atoms with E-state index >= 15 is 0 Å². The summed E-state index contributed by atoms with van der Waals surface area (Å²) in [6, 6.07) is 13.0. The second-order valence-electron chi connectivity index (χ2n) is 5.16. The zero-order chi connectivity index (χ0) is 13.1. The van der Waals surface area contributed by atoms with Gasteiger partial charge in [-0.05, 0) is 25.1 Å². The molecule has 3 rings (SSSR count). The average molecular weight is 293 g/mol. The molecule has 1 aliphatic heterocycles. The van der Waals surface area contributed by atoms with Gasteiger partial charge in [0.15, 0.2) is 0 Å². The van der Waals surface area contributed by atoms with Gasteiger partial charge >= 0.3 is 0 Å². The number of halogens is 1. The Hall–Kier alpha value is -1.36. The molecule has 1 atom stereocenters. The minimum atomic E-state index is 0. The lowest BCUT2D eigenvalue weighted by atomic mass is 10.2. The Balaban J connectivity index is 0.00000147. The van der Waals surface area contributed by atoms with Crippen LogP contribution in [-0.2, 0) is 6.54 Å². The molecule has 5 heteroatoms. The van der Waals surface area contributed by atoms with E-state index in [1.165, 1.54) is 5.69 Å². The van der Waals surface area contributed by atoms with Crippen LogP contribution in [0.1, 0.15) is 12.6 Å². The largest absolute Gasteiger partial charge is 0.312 e. The summed E-state index contributed by atoms with van der Waals surface area (Å²) in [6.07, 6.45) is 1.88. The average Bonchev–Trinajstić information content (AvgIpc) is 2.88. The number of nitrogens with zero attached hydrogens (tertiary/aromatic N) is 3. The third-order valence-corrected chi connectivity index (χ3v) is 3.56. The summed E-state index contributed by atoms with van der Waals surface area (Å²) in [5, 5.41) is 7.92. The van der Waals surface area contributed by atoms with Crippen LogP contribution in [0.15, 0.2) is 42.6 Å². The normalized spacial score (nSPS) is 19.6. The summed E-state index contributed by atoms with van der Waals surface area (Å²) < 4.78 is 2.03. The Labute approximate surface area is 126 Å². The summed E-state index contributed by atoms with van der Waals surface area (Å²) >= 11 is 0. The zero-order valence-corrected chi connectivity index (χ0v) is 12.5. The zero-order valence-electron chi connectivity index (χ0n) is 11.7. The lowest BCUT2D eigenvalue weighted by Gasteiger charge is -2.31. The van der Waals surface area contributed by atoms with Crippen LogP contribution in [-0.4, -0.2) is 40.4 Å². The molecule has 2 heterocycles. The molecule has 0 radical (unpaired) electrons. The molecule has 0 amide bonds. The highest BCUT2D eigenvalue weighted by atomic mass is 35.5. The van der Waals surface area contributed by atoms with Crippen molar-refractivity contribution in [3.8, 4) is 5.69 Å². The monoisotopic (exact) mass is 292 g/mol. The van der Waals surface area contributed by atoms with Gasteiger partial charge in [-0.25, -0.2) is 4.68 Å². The maximum atomic E-state index is 4.45. The molecule has 1 aliphatic rings. The first-order chi connectivity index (χ1) is 9.33. The third kappa shape index (κ3) is 3.39. The molecular formula is C15H21ClN4. The maximum absolute atomic E-state index is 4.45. The molecule has 1 aromatic heterocycles. The number of benzene rings is 1. The fraction of sp³-hybridized carbons (Fsp3) is 0.400. The van der Waals surface area contributed by atoms with Crippen LogP contribution < -0.4 is 5.32 Å². The molecule has 0 spiro atoms. The second-order valence-corrected chi connectivity index (χ2v) is 5.16. The molecular weight excluding hydrogens is 272 g/mol. The summed E-state index contributed by atoms with van der Waals surface area (Å²) in [5.74, 6) is 0. The van der Waals surface area contributed by atoms with E-state index in [1.54, 1.807) is 0 Å². The van der Waals surface area contributed by atoms with Gasteiger partial charge in [-0.1, -0.05) is 18.2 Å². The molecule has 1 aromatic carbocycles. The van der Waals surface area contributed by atoms with E-state index in [0.717, 1.165) is 31.9 Å². The van der Waals surface area contributed by atoms with Crippen LogP contribution in [0.25, 0.3) is 5.69 Å². The summed E-state index contributed by atoms with van der Waals surface area (Å²) in [4.78, 5) is 2.48. The topological polar surface area (TPSA) is 33.1 Å². The second kappa shape index (κ2) is 6.88. The van der Waals surface area contributed by atoms with E-state index in [-0.39, 0.29) is 12.4 Å². The molecule has 1 saturated heterocycles. The van der Waals surface area contributed by atoms with Crippen molar-refractivity contribution >= 4 is 12.4 Å². The van der Waals surface area contributed by atoms with E-state index in [2.05, 4.69) is 40.4 Å². The van der Waals surface area contributed by atoms with Gasteiger partial charge in [-0.2, -0.15) is 5.10 Å². The fourth-order valence-corrected chi connectivity index (χ4v) is 2.64. The smallest absolute Gasteiger partial charge is 0.0649 e. The Bertz CT molecular complexity index is 526. The van der Waals surface area contributed by atoms with Crippen molar-refractivity contribution in [3.05, 3.63) is 48.3 Å². The van der Waals surface area contributed by atoms with Gasteiger partial charge in [0, 0.05) is 38.4 Å². The van der Waals surface area contributed by atoms with E-state index in [1.807, 2.05) is 29.1 Å². The van der Waals surface area contributed by atoms with E-state index in [0.29, 0.717) is 6.04 Å². The van der Waals surface area contributed by atoms with Crippen LogP contribution in [0.3, 0.4) is 0 Å². The lowest BCUT2D eigenvalue weighted by molar-refractivity contribution is 0.196. The molecule has 1 N–H and O–H groups in total. The lowest BCUT2D eigenvalue weighted by Crippen LogP contribution is -2.48. The van der Waals surface area contributed by atoms with E-state index < -0.39 is 0 Å². The Kier molecular flexibility index (Phi) is 5.17. The Morgan fingerprint density at radius 2 is 2.05 bits per heavy atom. The van der Waals surface area contributed by atoms with Crippen LogP contribution in [0, 0.1) is 0 Å². The van der Waals surface area contributed by atoms with Gasteiger partial charge < -0.3 is 5.32 Å². The Morgan fingerprint density at radius 1 is 1.25 bits per heavy atom. The molecule has 0 aliphatic carbocycles. The van der Waals surface area contributed by atoms with Crippen LogP contribution in [0.2, 0.25) is 0 Å². The van der Waals surface area contributed by atoms with Crippen molar-refractivity contribution in [1.29, 1.82) is 0 Å². The number of nitrogens with one attached hydrogen (secondary N) is 1. The highest BCUT2D eigenvalue weighted by molar-refractivity contribution is 5.85. The van der Waals surface area contributed by atoms with Crippen molar-refractivity contribution in [2.75, 3.05) is 19.6 Å². The standard InChI is InChI=1S/C15H20N4.ClH/c1-13-11-18(10-9-16-13)12-15-7-8-17-19(15)14-5-3-2-4-6-14;/h2-8,13,16H,9-12H2,1H3;1H/t13-;/m0./s1. The van der Waals surface area contributed by atoms with Gasteiger partial charge in [0.2, 0.25) is 0 Å². The fourth-order valence-electron chi connectivity index (χ4n) is 2.64. The van der Waals surface area contributed by atoms with E-state index in [9.17, 15) is 0 Å². The Morgan fingerprint density at radius 3 is 2.80 bits per heavy atom. The van der Waals surface area contributed by atoms with E-state index in [4.69, 9.17) is 0 Å². The predicted molar refractivity (Wildman–Crippen MR) is 83.6 cm³/mol. The first-order valence-corrected chi connectivity index (χ1v) is 6.87. The summed E-state index contributed by atoms with van der Waals surface area (Å²) in [7, 11) is 0. The first kappa shape index (κ1) is 15.0. The van der Waals surface area contributed by atoms with Gasteiger partial charge in [-0.15, -0.1) is 12.4 Å². The number of aromatic nitrogens is 2. The molecule has 4 nitrogen and oxygen atoms in total. The van der Waals surface area contributed by atoms with Crippen LogP contribution in [0.4, 0.5) is 0 Å². The molecule has 0 bridgehead atoms. The van der Waals surface area contributed by atoms with Crippen molar-refractivity contribution in [1.82, 2.24) is 20.0 Å². The predicted octanol–water partition coefficient (Wildman–Crippen LogP) is 2.09. The molecule has 0 saturated carbocycles. The summed E-state index contributed by atoms with van der Waals surface area (Å²) in [5.41, 5.74) is 2.38. The molecule has 2 aromatic rings. The van der Waals surface area contributed by atoms with Gasteiger partial charge in [0.25, 0.3) is 0 Å². The molecule has 20 heavy (non-hydrogen) atoms. The summed E-state index contributed by atoms with van der Waals surface area (Å²) in [6.45, 7) is 6.46. The quantitative estimate of drug-likeness (QED) is 0.940. The van der Waals surface area contributed by atoms with Crippen molar-refractivity contribution in [3.63, 3.8) is 0 Å². The highest BCUT2D eigenvalue weighted by Gasteiger charge is 2.17. The highest BCUT2D eigenvalue weighted by Crippen LogP contribution is 2.13. The SMILES string of the molecule is C[C@H]1CN(Cc2ccnn2-c2ccccc2)CCN1.Cl. The van der Waals surface area contributed by atoms with Crippen molar-refractivity contribution in [2.45, 2.75) is 19.5 Å². The number of piperazine rings is 1. The van der Waals surface area contributed by atoms with Crippen molar-refractivity contribution < 1.29 is 0 Å². The van der Waals surface area contributed by atoms with Crippen molar-refractivity contribution in [2.24, 2.45) is 0 Å². The number of para-hydroxylation sites is 1. The first-order valence-electron chi connectivity index (χ1n) is 6.87. The van der Waals surface area contributed by atoms with Gasteiger partial charge in [-0.3, -0.25) is 4.90 Å². The third-order valence-electron chi connectivity index (χ3n) is 3.56. The molecule has 108 valence electrons. The van der Waals surface area contributed by atoms with Crippen LogP contribution >= 0.6 is 12.4 Å². The number of rotatable bonds is 3. The minimum absolute atomic E-state index is 0.